The van der Waals surface area contributed by atoms with Gasteiger partial charge in [-0.2, -0.15) is 0 Å². The van der Waals surface area contributed by atoms with Gasteiger partial charge in [0.05, 0.1) is 25.7 Å². The summed E-state index contributed by atoms with van der Waals surface area (Å²) in [5, 5.41) is 0. The van der Waals surface area contributed by atoms with Crippen molar-refractivity contribution in [3.63, 3.8) is 0 Å². The lowest BCUT2D eigenvalue weighted by Crippen LogP contribution is -2.30. The van der Waals surface area contributed by atoms with Crippen molar-refractivity contribution in [3.8, 4) is 17.2 Å². The third kappa shape index (κ3) is 6.26. The molecule has 0 N–H and O–H groups in total. The number of thiocarbonyl (C=S) groups is 1. The Kier molecular flexibility index (Phi) is 9.00. The molecule has 2 aromatic carbocycles. The van der Waals surface area contributed by atoms with E-state index < -0.39 is 0 Å². The van der Waals surface area contributed by atoms with E-state index in [4.69, 9.17) is 26.4 Å². The predicted octanol–water partition coefficient (Wildman–Crippen LogP) is 5.72. The molecule has 0 unspecified atom stereocenters. The molecular weight excluding hydrogens is 442 g/mol. The van der Waals surface area contributed by atoms with Gasteiger partial charge in [0.2, 0.25) is 0 Å². The number of carbonyl (C=O) groups excluding carboxylic acids is 1. The summed E-state index contributed by atoms with van der Waals surface area (Å²) < 4.78 is 17.0. The number of methoxy groups -OCH3 is 2. The lowest BCUT2D eigenvalue weighted by Gasteiger charge is -2.15. The minimum atomic E-state index is -0.0552. The molecule has 1 aliphatic heterocycles. The Morgan fingerprint density at radius 1 is 1.03 bits per heavy atom. The minimum Gasteiger partial charge on any atom is -0.494 e. The quantitative estimate of drug-likeness (QED) is 0.237. The number of nitrogens with zero attached hydrogens (tertiary/aromatic N) is 1. The van der Waals surface area contributed by atoms with Crippen molar-refractivity contribution < 1.29 is 19.0 Å². The average molecular weight is 472 g/mol. The number of amides is 1. The molecule has 7 heteroatoms. The SMILES string of the molecule is CCCCCOc1ccc(/C=C2\SC(=S)N(CCc3ccc(OC)c(OC)c3)C2=O)cc1. The van der Waals surface area contributed by atoms with E-state index in [1.807, 2.05) is 48.5 Å². The average Bonchev–Trinajstić information content (AvgIpc) is 3.08. The summed E-state index contributed by atoms with van der Waals surface area (Å²) in [4.78, 5) is 15.2. The molecule has 3 rings (SSSR count). The molecule has 32 heavy (non-hydrogen) atoms. The van der Waals surface area contributed by atoms with Gasteiger partial charge in [-0.15, -0.1) is 0 Å². The molecule has 1 heterocycles. The Hall–Kier alpha value is -2.51. The second kappa shape index (κ2) is 11.9. The molecular formula is C25H29NO4S2. The lowest BCUT2D eigenvalue weighted by atomic mass is 10.1. The van der Waals surface area contributed by atoms with Crippen LogP contribution in [0.5, 0.6) is 17.2 Å². The topological polar surface area (TPSA) is 48.0 Å². The Balaban J connectivity index is 1.60. The number of hydrogen-bond acceptors (Lipinski definition) is 6. The van der Waals surface area contributed by atoms with Crippen molar-refractivity contribution in [3.05, 3.63) is 58.5 Å². The normalized spacial score (nSPS) is 14.8. The van der Waals surface area contributed by atoms with Crippen LogP contribution < -0.4 is 14.2 Å². The molecule has 0 aliphatic carbocycles. The molecule has 0 atom stereocenters. The predicted molar refractivity (Wildman–Crippen MR) is 135 cm³/mol. The van der Waals surface area contributed by atoms with Crippen molar-refractivity contribution >= 4 is 40.3 Å². The summed E-state index contributed by atoms with van der Waals surface area (Å²) in [6.07, 6.45) is 5.96. The third-order valence-corrected chi connectivity index (χ3v) is 6.52. The van der Waals surface area contributed by atoms with E-state index in [1.165, 1.54) is 24.6 Å². The molecule has 1 saturated heterocycles. The zero-order valence-corrected chi connectivity index (χ0v) is 20.4. The number of hydrogen-bond donors (Lipinski definition) is 0. The van der Waals surface area contributed by atoms with Crippen LogP contribution in [0.1, 0.15) is 37.3 Å². The molecule has 5 nitrogen and oxygen atoms in total. The van der Waals surface area contributed by atoms with Crippen LogP contribution in [-0.2, 0) is 11.2 Å². The van der Waals surface area contributed by atoms with Gasteiger partial charge in [0, 0.05) is 6.54 Å². The number of carbonyl (C=O) groups is 1. The molecule has 1 fully saturated rings. The smallest absolute Gasteiger partial charge is 0.266 e. The standard InChI is InChI=1S/C25H29NO4S2/c1-4-5-6-15-30-20-10-7-18(8-11-20)17-23-24(27)26(25(31)32-23)14-13-19-9-12-21(28-2)22(16-19)29-3/h7-12,16-17H,4-6,13-15H2,1-3H3/b23-17-. The molecule has 0 aromatic heterocycles. The summed E-state index contributed by atoms with van der Waals surface area (Å²) >= 11 is 6.81. The summed E-state index contributed by atoms with van der Waals surface area (Å²) in [5.74, 6) is 2.15. The fourth-order valence-corrected chi connectivity index (χ4v) is 4.63. The molecule has 0 bridgehead atoms. The highest BCUT2D eigenvalue weighted by Gasteiger charge is 2.31. The Labute approximate surface area is 199 Å². The number of benzene rings is 2. The number of rotatable bonds is 11. The van der Waals surface area contributed by atoms with Gasteiger partial charge < -0.3 is 14.2 Å². The molecule has 0 spiro atoms. The Morgan fingerprint density at radius 2 is 1.78 bits per heavy atom. The van der Waals surface area contributed by atoms with Crippen LogP contribution >= 0.6 is 24.0 Å². The van der Waals surface area contributed by atoms with E-state index in [-0.39, 0.29) is 5.91 Å². The van der Waals surface area contributed by atoms with Crippen LogP contribution in [-0.4, -0.2) is 42.5 Å². The number of thioether (sulfide) groups is 1. The maximum atomic E-state index is 12.9. The zero-order chi connectivity index (χ0) is 22.9. The lowest BCUT2D eigenvalue weighted by molar-refractivity contribution is -0.122. The first kappa shape index (κ1) is 24.1. The summed E-state index contributed by atoms with van der Waals surface area (Å²) in [7, 11) is 3.22. The Morgan fingerprint density at radius 3 is 2.47 bits per heavy atom. The van der Waals surface area contributed by atoms with Gasteiger partial charge in [-0.25, -0.2) is 0 Å². The first-order valence-corrected chi connectivity index (χ1v) is 12.0. The van der Waals surface area contributed by atoms with Gasteiger partial charge >= 0.3 is 0 Å². The zero-order valence-electron chi connectivity index (χ0n) is 18.8. The van der Waals surface area contributed by atoms with Crippen molar-refractivity contribution in [2.75, 3.05) is 27.4 Å². The maximum Gasteiger partial charge on any atom is 0.266 e. The van der Waals surface area contributed by atoms with E-state index in [9.17, 15) is 4.79 Å². The van der Waals surface area contributed by atoms with Gasteiger partial charge in [-0.3, -0.25) is 9.69 Å². The highest BCUT2D eigenvalue weighted by molar-refractivity contribution is 8.26. The third-order valence-electron chi connectivity index (χ3n) is 5.14. The van der Waals surface area contributed by atoms with Gasteiger partial charge in [0.1, 0.15) is 10.1 Å². The maximum absolute atomic E-state index is 12.9. The van der Waals surface area contributed by atoms with Crippen LogP contribution in [0.2, 0.25) is 0 Å². The van der Waals surface area contributed by atoms with Gasteiger partial charge in [-0.05, 0) is 54.3 Å². The van der Waals surface area contributed by atoms with E-state index in [0.29, 0.717) is 33.7 Å². The number of ether oxygens (including phenoxy) is 3. The van der Waals surface area contributed by atoms with Crippen molar-refractivity contribution in [2.24, 2.45) is 0 Å². The van der Waals surface area contributed by atoms with Gasteiger partial charge in [0.15, 0.2) is 11.5 Å². The summed E-state index contributed by atoms with van der Waals surface area (Å²) in [6.45, 7) is 3.42. The highest BCUT2D eigenvalue weighted by Crippen LogP contribution is 2.33. The highest BCUT2D eigenvalue weighted by atomic mass is 32.2. The van der Waals surface area contributed by atoms with Crippen LogP contribution in [0.25, 0.3) is 6.08 Å². The van der Waals surface area contributed by atoms with Crippen LogP contribution in [0.4, 0.5) is 0 Å². The van der Waals surface area contributed by atoms with Gasteiger partial charge in [-0.1, -0.05) is 61.9 Å². The van der Waals surface area contributed by atoms with E-state index >= 15 is 0 Å². The van der Waals surface area contributed by atoms with Crippen LogP contribution in [0.3, 0.4) is 0 Å². The van der Waals surface area contributed by atoms with E-state index in [1.54, 1.807) is 19.1 Å². The van der Waals surface area contributed by atoms with Crippen LogP contribution in [0, 0.1) is 0 Å². The van der Waals surface area contributed by atoms with Gasteiger partial charge in [0.25, 0.3) is 5.91 Å². The largest absolute Gasteiger partial charge is 0.494 e. The summed E-state index contributed by atoms with van der Waals surface area (Å²) in [6, 6.07) is 13.6. The van der Waals surface area contributed by atoms with Crippen molar-refractivity contribution in [1.82, 2.24) is 4.90 Å². The second-order valence-corrected chi connectivity index (χ2v) is 9.07. The molecule has 1 amide bonds. The van der Waals surface area contributed by atoms with E-state index in [0.717, 1.165) is 29.9 Å². The molecule has 2 aromatic rings. The molecule has 0 saturated carbocycles. The van der Waals surface area contributed by atoms with Crippen molar-refractivity contribution in [1.29, 1.82) is 0 Å². The van der Waals surface area contributed by atoms with Crippen LogP contribution in [0.15, 0.2) is 47.4 Å². The molecule has 170 valence electrons. The molecule has 0 radical (unpaired) electrons. The Bertz CT molecular complexity index is 972. The fourth-order valence-electron chi connectivity index (χ4n) is 3.32. The molecule has 1 aliphatic rings. The second-order valence-electron chi connectivity index (χ2n) is 7.40. The minimum absolute atomic E-state index is 0.0552. The number of unbranched alkanes of at least 4 members (excludes halogenated alkanes) is 2. The first-order chi connectivity index (χ1) is 15.5. The van der Waals surface area contributed by atoms with E-state index in [2.05, 4.69) is 6.92 Å². The van der Waals surface area contributed by atoms with Crippen molar-refractivity contribution in [2.45, 2.75) is 32.6 Å². The first-order valence-electron chi connectivity index (χ1n) is 10.7. The fraction of sp³-hybridized carbons (Fsp3) is 0.360. The summed E-state index contributed by atoms with van der Waals surface area (Å²) in [5.41, 5.74) is 2.00. The monoisotopic (exact) mass is 471 g/mol.